The van der Waals surface area contributed by atoms with Crippen LogP contribution in [0.5, 0.6) is 0 Å². The summed E-state index contributed by atoms with van der Waals surface area (Å²) in [6.45, 7) is 9.80. The second-order valence-electron chi connectivity index (χ2n) is 12.6. The van der Waals surface area contributed by atoms with Gasteiger partial charge in [0.1, 0.15) is 36.3 Å². The maximum atomic E-state index is 13.5. The van der Waals surface area contributed by atoms with Crippen molar-refractivity contribution in [1.29, 1.82) is 0 Å². The van der Waals surface area contributed by atoms with Gasteiger partial charge in [-0.2, -0.15) is 0 Å². The van der Waals surface area contributed by atoms with Gasteiger partial charge in [0, 0.05) is 24.7 Å². The molecule has 0 saturated heterocycles. The Kier molecular flexibility index (Phi) is 17.2. The highest BCUT2D eigenvalue weighted by molar-refractivity contribution is 5.96. The zero-order valence-corrected chi connectivity index (χ0v) is 28.1. The summed E-state index contributed by atoms with van der Waals surface area (Å²) in [5.41, 5.74) is 6.10. The average molecular weight is 683 g/mol. The largest absolute Gasteiger partial charge is 0.481 e. The maximum Gasteiger partial charge on any atom is 0.326 e. The molecule has 48 heavy (non-hydrogen) atoms. The number of carboxylic acid groups (broad SMARTS) is 2. The Morgan fingerprint density at radius 3 is 1.73 bits per heavy atom. The van der Waals surface area contributed by atoms with E-state index < -0.39 is 90.3 Å². The molecule has 18 nitrogen and oxygen atoms in total. The summed E-state index contributed by atoms with van der Waals surface area (Å²) in [6.07, 6.45) is 0.763. The number of nitrogens with one attached hydrogen (secondary N) is 6. The van der Waals surface area contributed by atoms with Crippen molar-refractivity contribution in [1.82, 2.24) is 36.6 Å². The number of rotatable bonds is 21. The number of aromatic amines is 1. The van der Waals surface area contributed by atoms with Crippen LogP contribution in [0, 0.1) is 11.8 Å². The molecule has 0 unspecified atom stereocenters. The number of aromatic nitrogens is 2. The first-order valence-corrected chi connectivity index (χ1v) is 15.7. The van der Waals surface area contributed by atoms with E-state index in [0.717, 1.165) is 0 Å². The lowest BCUT2D eigenvalue weighted by atomic mass is 10.0. The highest BCUT2D eigenvalue weighted by Crippen LogP contribution is 2.09. The Bertz CT molecular complexity index is 1250. The molecule has 270 valence electrons. The molecule has 0 aromatic carbocycles. The van der Waals surface area contributed by atoms with Gasteiger partial charge in [0.05, 0.1) is 12.4 Å². The normalized spacial score (nSPS) is 15.6. The lowest BCUT2D eigenvalue weighted by Crippen LogP contribution is -2.59. The van der Waals surface area contributed by atoms with E-state index in [1.807, 2.05) is 13.8 Å². The molecule has 1 aromatic rings. The molecule has 0 spiro atoms. The van der Waals surface area contributed by atoms with Crippen molar-refractivity contribution in [2.75, 3.05) is 0 Å². The molecule has 7 atom stereocenters. The smallest absolute Gasteiger partial charge is 0.326 e. The number of nitrogens with two attached hydrogens (primary N) is 1. The highest BCUT2D eigenvalue weighted by Gasteiger charge is 2.33. The van der Waals surface area contributed by atoms with Crippen molar-refractivity contribution in [3.8, 4) is 0 Å². The summed E-state index contributed by atoms with van der Waals surface area (Å²) in [5, 5.41) is 40.7. The third-order valence-electron chi connectivity index (χ3n) is 7.13. The van der Waals surface area contributed by atoms with E-state index in [4.69, 9.17) is 5.73 Å². The van der Waals surface area contributed by atoms with E-state index in [9.17, 15) is 48.9 Å². The zero-order valence-electron chi connectivity index (χ0n) is 28.1. The van der Waals surface area contributed by atoms with Crippen molar-refractivity contribution in [3.63, 3.8) is 0 Å². The fraction of sp³-hybridized carbons (Fsp3) is 0.667. The number of carbonyl (C=O) groups is 7. The van der Waals surface area contributed by atoms with Crippen molar-refractivity contribution in [2.45, 2.75) is 116 Å². The molecule has 0 radical (unpaired) electrons. The number of H-pyrrole nitrogens is 1. The first-order valence-electron chi connectivity index (χ1n) is 15.7. The van der Waals surface area contributed by atoms with Crippen LogP contribution < -0.4 is 32.3 Å². The van der Waals surface area contributed by atoms with Crippen LogP contribution in [0.2, 0.25) is 0 Å². The number of nitrogens with zero attached hydrogens (tertiary/aromatic N) is 1. The minimum absolute atomic E-state index is 0.0575. The van der Waals surface area contributed by atoms with Gasteiger partial charge in [-0.25, -0.2) is 9.78 Å². The van der Waals surface area contributed by atoms with Crippen molar-refractivity contribution >= 4 is 41.5 Å². The topological polar surface area (TPSA) is 295 Å². The number of imidazole rings is 1. The second kappa shape index (κ2) is 19.9. The second-order valence-corrected chi connectivity index (χ2v) is 12.6. The molecule has 1 heterocycles. The molecule has 0 saturated carbocycles. The third-order valence-corrected chi connectivity index (χ3v) is 7.13. The van der Waals surface area contributed by atoms with Crippen molar-refractivity contribution < 1.29 is 48.9 Å². The number of amides is 5. The van der Waals surface area contributed by atoms with Crippen molar-refractivity contribution in [3.05, 3.63) is 18.2 Å². The Morgan fingerprint density at radius 1 is 0.729 bits per heavy atom. The maximum absolute atomic E-state index is 13.5. The summed E-state index contributed by atoms with van der Waals surface area (Å²) in [4.78, 5) is 95.1. The van der Waals surface area contributed by atoms with Crippen LogP contribution in [0.1, 0.15) is 72.9 Å². The molecular formula is C30H50N8O10. The number of hydrogen-bond acceptors (Lipinski definition) is 10. The average Bonchev–Trinajstić information content (AvgIpc) is 3.49. The van der Waals surface area contributed by atoms with E-state index >= 15 is 0 Å². The van der Waals surface area contributed by atoms with E-state index in [2.05, 4.69) is 36.6 Å². The van der Waals surface area contributed by atoms with Gasteiger partial charge >= 0.3 is 11.9 Å². The molecule has 0 bridgehead atoms. The molecular weight excluding hydrogens is 632 g/mol. The zero-order chi connectivity index (χ0) is 36.7. The van der Waals surface area contributed by atoms with Crippen LogP contribution in [0.4, 0.5) is 0 Å². The number of aliphatic hydroxyl groups is 1. The van der Waals surface area contributed by atoms with E-state index in [0.29, 0.717) is 5.69 Å². The van der Waals surface area contributed by atoms with Gasteiger partial charge in [0.2, 0.25) is 29.5 Å². The fourth-order valence-corrected chi connectivity index (χ4v) is 4.47. The molecule has 18 heteroatoms. The third kappa shape index (κ3) is 14.9. The highest BCUT2D eigenvalue weighted by atomic mass is 16.4. The van der Waals surface area contributed by atoms with E-state index in [-0.39, 0.29) is 37.5 Å². The number of carboxylic acids is 2. The SMILES string of the molecule is CC(C)C[C@H](NC(=O)[C@H](CCC(=O)O)NC(=O)[C@H](Cc1cnc[nH]1)NC(=O)[C@H](C)NC(=O)[C@H](CC(C)C)NC(=O)[C@@H](N)[C@@H](C)O)C(=O)O. The van der Waals surface area contributed by atoms with Crippen LogP contribution in [0.3, 0.4) is 0 Å². The quantitative estimate of drug-likeness (QED) is 0.0683. The number of carbonyl (C=O) groups excluding carboxylic acids is 5. The molecule has 11 N–H and O–H groups in total. The van der Waals surface area contributed by atoms with Crippen LogP contribution in [-0.4, -0.2) is 109 Å². The number of aliphatic hydroxyl groups excluding tert-OH is 1. The molecule has 0 aliphatic heterocycles. The van der Waals surface area contributed by atoms with Gasteiger partial charge in [-0.05, 0) is 44.9 Å². The van der Waals surface area contributed by atoms with Gasteiger partial charge in [0.15, 0.2) is 0 Å². The van der Waals surface area contributed by atoms with E-state index in [1.54, 1.807) is 13.8 Å². The van der Waals surface area contributed by atoms with Gasteiger partial charge in [-0.1, -0.05) is 27.7 Å². The summed E-state index contributed by atoms with van der Waals surface area (Å²) >= 11 is 0. The van der Waals surface area contributed by atoms with Gasteiger partial charge < -0.3 is 52.6 Å². The first-order chi connectivity index (χ1) is 22.3. The lowest BCUT2D eigenvalue weighted by Gasteiger charge is -2.26. The van der Waals surface area contributed by atoms with Crippen LogP contribution in [0.25, 0.3) is 0 Å². The monoisotopic (exact) mass is 682 g/mol. The van der Waals surface area contributed by atoms with Crippen LogP contribution >= 0.6 is 0 Å². The van der Waals surface area contributed by atoms with Gasteiger partial charge in [-0.3, -0.25) is 28.8 Å². The Labute approximate surface area is 278 Å². The molecule has 1 aromatic heterocycles. The summed E-state index contributed by atoms with van der Waals surface area (Å²) < 4.78 is 0. The molecule has 5 amide bonds. The lowest BCUT2D eigenvalue weighted by molar-refractivity contribution is -0.143. The number of aliphatic carboxylic acids is 2. The first kappa shape index (κ1) is 41.4. The van der Waals surface area contributed by atoms with Gasteiger partial charge in [0.25, 0.3) is 0 Å². The molecule has 0 aliphatic carbocycles. The Morgan fingerprint density at radius 2 is 1.23 bits per heavy atom. The van der Waals surface area contributed by atoms with E-state index in [1.165, 1.54) is 26.4 Å². The minimum Gasteiger partial charge on any atom is -0.481 e. The predicted octanol–water partition coefficient (Wildman–Crippen LogP) is -1.85. The van der Waals surface area contributed by atoms with Crippen LogP contribution in [-0.2, 0) is 40.0 Å². The summed E-state index contributed by atoms with van der Waals surface area (Å²) in [7, 11) is 0. The van der Waals surface area contributed by atoms with Crippen LogP contribution in [0.15, 0.2) is 12.5 Å². The standard InChI is InChI=1S/C30H50N8O10/c1-14(2)9-20(37-29(46)24(31)17(6)39)27(44)34-16(5)25(42)36-21(11-18-12-32-13-33-18)28(45)35-19(7-8-23(40)41)26(43)38-22(30(47)48)10-15(3)4/h12-17,19-22,24,39H,7-11,31H2,1-6H3,(H,32,33)(H,34,44)(H,35,45)(H,36,42)(H,37,46)(H,38,43)(H,40,41)(H,47,48)/t16-,17+,19-,20-,21-,22-,24-/m0/s1. The molecule has 0 fully saturated rings. The summed E-state index contributed by atoms with van der Waals surface area (Å²) in [6, 6.07) is -7.74. The minimum atomic E-state index is -1.46. The molecule has 0 aliphatic rings. The molecule has 1 rings (SSSR count). The van der Waals surface area contributed by atoms with Gasteiger partial charge in [-0.15, -0.1) is 0 Å². The Hall–Kier alpha value is -4.58. The Balaban J connectivity index is 3.17. The fourth-order valence-electron chi connectivity index (χ4n) is 4.47. The summed E-state index contributed by atoms with van der Waals surface area (Å²) in [5.74, 6) is -6.83. The number of hydrogen-bond donors (Lipinski definition) is 10. The van der Waals surface area contributed by atoms with Crippen molar-refractivity contribution in [2.24, 2.45) is 17.6 Å². The predicted molar refractivity (Wildman–Crippen MR) is 171 cm³/mol.